The Labute approximate surface area is 229 Å². The van der Waals surface area contributed by atoms with Crippen LogP contribution in [0.1, 0.15) is 41.9 Å². The number of carboxylic acids is 2. The number of ether oxygens (including phenoxy) is 1. The summed E-state index contributed by atoms with van der Waals surface area (Å²) >= 11 is 0. The monoisotopic (exact) mass is 532 g/mol. The van der Waals surface area contributed by atoms with Gasteiger partial charge in [-0.25, -0.2) is 9.59 Å². The minimum Gasteiger partial charge on any atom is -0.497 e. The number of likely N-dealkylation sites (tertiary alicyclic amines) is 1. The number of amides is 1. The number of piperidine rings is 1. The minimum atomic E-state index is -1.82. The first kappa shape index (κ1) is 29.4. The number of nitrogens with one attached hydrogen (secondary N) is 1. The third-order valence-electron chi connectivity index (χ3n) is 6.84. The summed E-state index contributed by atoms with van der Waals surface area (Å²) in [5.41, 5.74) is 3.88. The van der Waals surface area contributed by atoms with Crippen molar-refractivity contribution in [2.75, 3.05) is 26.7 Å². The highest BCUT2D eigenvalue weighted by Crippen LogP contribution is 2.27. The van der Waals surface area contributed by atoms with Gasteiger partial charge in [0.2, 0.25) is 5.91 Å². The van der Waals surface area contributed by atoms with Crippen LogP contribution in [0.5, 0.6) is 5.75 Å². The molecule has 0 aromatic heterocycles. The average Bonchev–Trinajstić information content (AvgIpc) is 2.97. The molecule has 1 heterocycles. The summed E-state index contributed by atoms with van der Waals surface area (Å²) in [5, 5.41) is 18.0. The summed E-state index contributed by atoms with van der Waals surface area (Å²) in [5.74, 6) is -2.15. The van der Waals surface area contributed by atoms with Crippen LogP contribution in [0, 0.1) is 5.92 Å². The van der Waals surface area contributed by atoms with E-state index in [0.29, 0.717) is 12.5 Å². The Hall–Kier alpha value is -4.17. The summed E-state index contributed by atoms with van der Waals surface area (Å²) < 4.78 is 5.24. The van der Waals surface area contributed by atoms with Crippen molar-refractivity contribution in [3.8, 4) is 5.75 Å². The zero-order valence-electron chi connectivity index (χ0n) is 22.2. The van der Waals surface area contributed by atoms with Gasteiger partial charge in [-0.2, -0.15) is 0 Å². The summed E-state index contributed by atoms with van der Waals surface area (Å²) in [4.78, 5) is 33.5. The Balaban J connectivity index is 0.000000631. The summed E-state index contributed by atoms with van der Waals surface area (Å²) in [7, 11) is 1.69. The van der Waals surface area contributed by atoms with E-state index in [1.807, 2.05) is 24.3 Å². The van der Waals surface area contributed by atoms with Crippen molar-refractivity contribution >= 4 is 17.8 Å². The molecule has 0 unspecified atom stereocenters. The first-order chi connectivity index (χ1) is 18.9. The van der Waals surface area contributed by atoms with E-state index >= 15 is 0 Å². The van der Waals surface area contributed by atoms with E-state index < -0.39 is 11.9 Å². The van der Waals surface area contributed by atoms with Crippen LogP contribution >= 0.6 is 0 Å². The number of nitrogens with zero attached hydrogens (tertiary/aromatic N) is 1. The predicted molar refractivity (Wildman–Crippen MR) is 149 cm³/mol. The first-order valence-electron chi connectivity index (χ1n) is 13.1. The molecule has 1 fully saturated rings. The number of methoxy groups -OCH3 is 1. The van der Waals surface area contributed by atoms with Crippen molar-refractivity contribution in [2.45, 2.75) is 31.7 Å². The molecule has 8 nitrogen and oxygen atoms in total. The van der Waals surface area contributed by atoms with E-state index in [1.54, 1.807) is 7.11 Å². The van der Waals surface area contributed by atoms with E-state index in [1.165, 1.54) is 16.7 Å². The highest BCUT2D eigenvalue weighted by Gasteiger charge is 2.25. The van der Waals surface area contributed by atoms with Crippen molar-refractivity contribution in [2.24, 2.45) is 5.92 Å². The maximum absolute atomic E-state index is 12.8. The normalized spacial score (nSPS) is 13.7. The van der Waals surface area contributed by atoms with Gasteiger partial charge in [0.15, 0.2) is 0 Å². The number of carboxylic acid groups (broad SMARTS) is 2. The molecule has 1 amide bonds. The van der Waals surface area contributed by atoms with Gasteiger partial charge >= 0.3 is 11.9 Å². The Bertz CT molecular complexity index is 1130. The van der Waals surface area contributed by atoms with Crippen LogP contribution in [0.2, 0.25) is 0 Å². The van der Waals surface area contributed by atoms with E-state index in [9.17, 15) is 4.79 Å². The third-order valence-corrected chi connectivity index (χ3v) is 6.84. The third kappa shape index (κ3) is 9.57. The van der Waals surface area contributed by atoms with Gasteiger partial charge in [0, 0.05) is 24.9 Å². The van der Waals surface area contributed by atoms with Gasteiger partial charge in [-0.3, -0.25) is 9.69 Å². The molecular formula is C31H36N2O6. The standard InChI is InChI=1S/C29H34N2O2.C2H2O4/c1-33-27-14-12-23(13-15-27)22-31-20-17-26(18-21-31)29(32)30-19-16-28(24-8-4-2-5-9-24)25-10-6-3-7-11-25;3-1(4)2(5)6/h2-15,26,28H,16-22H2,1H3,(H,30,32);(H,3,4)(H,5,6). The van der Waals surface area contributed by atoms with Gasteiger partial charge < -0.3 is 20.3 Å². The summed E-state index contributed by atoms with van der Waals surface area (Å²) in [6, 6.07) is 29.4. The van der Waals surface area contributed by atoms with Crippen molar-refractivity contribution in [1.82, 2.24) is 10.2 Å². The number of carbonyl (C=O) groups excluding carboxylic acids is 1. The molecule has 206 valence electrons. The van der Waals surface area contributed by atoms with Crippen molar-refractivity contribution in [3.05, 3.63) is 102 Å². The molecule has 1 aliphatic rings. The second-order valence-electron chi connectivity index (χ2n) is 9.46. The van der Waals surface area contributed by atoms with Crippen LogP contribution < -0.4 is 10.1 Å². The highest BCUT2D eigenvalue weighted by molar-refractivity contribution is 6.27. The molecule has 1 saturated heterocycles. The fourth-order valence-electron chi connectivity index (χ4n) is 4.72. The fraction of sp³-hybridized carbons (Fsp3) is 0.323. The van der Waals surface area contributed by atoms with Crippen LogP contribution in [-0.4, -0.2) is 59.7 Å². The van der Waals surface area contributed by atoms with Crippen LogP contribution in [0.15, 0.2) is 84.9 Å². The Morgan fingerprint density at radius 2 is 1.36 bits per heavy atom. The quantitative estimate of drug-likeness (QED) is 0.350. The lowest BCUT2D eigenvalue weighted by atomic mass is 9.88. The molecule has 3 aromatic carbocycles. The van der Waals surface area contributed by atoms with Crippen molar-refractivity contribution in [1.29, 1.82) is 0 Å². The van der Waals surface area contributed by atoms with Gasteiger partial charge in [0.1, 0.15) is 5.75 Å². The van der Waals surface area contributed by atoms with Gasteiger partial charge in [0.05, 0.1) is 7.11 Å². The minimum absolute atomic E-state index is 0.115. The van der Waals surface area contributed by atoms with E-state index in [2.05, 4.69) is 70.9 Å². The van der Waals surface area contributed by atoms with Crippen LogP contribution in [0.25, 0.3) is 0 Å². The number of carbonyl (C=O) groups is 3. The molecule has 3 aromatic rings. The second-order valence-corrected chi connectivity index (χ2v) is 9.46. The van der Waals surface area contributed by atoms with Gasteiger partial charge in [0.25, 0.3) is 0 Å². The van der Waals surface area contributed by atoms with Crippen LogP contribution in [-0.2, 0) is 20.9 Å². The summed E-state index contributed by atoms with van der Waals surface area (Å²) in [6.45, 7) is 3.54. The van der Waals surface area contributed by atoms with Crippen molar-refractivity contribution < 1.29 is 29.3 Å². The smallest absolute Gasteiger partial charge is 0.414 e. The Kier molecular flexibility index (Phi) is 11.5. The Morgan fingerprint density at radius 1 is 0.846 bits per heavy atom. The van der Waals surface area contributed by atoms with Crippen molar-refractivity contribution in [3.63, 3.8) is 0 Å². The van der Waals surface area contributed by atoms with Gasteiger partial charge in [-0.05, 0) is 61.2 Å². The lowest BCUT2D eigenvalue weighted by Gasteiger charge is -2.31. The number of rotatable bonds is 9. The molecule has 0 bridgehead atoms. The maximum atomic E-state index is 12.8. The molecule has 0 spiro atoms. The lowest BCUT2D eigenvalue weighted by Crippen LogP contribution is -2.40. The first-order valence-corrected chi connectivity index (χ1v) is 13.1. The van der Waals surface area contributed by atoms with Crippen LogP contribution in [0.3, 0.4) is 0 Å². The SMILES string of the molecule is COc1ccc(CN2CCC(C(=O)NCCC(c3ccccc3)c3ccccc3)CC2)cc1.O=C(O)C(=O)O. The number of hydrogen-bond acceptors (Lipinski definition) is 5. The number of aliphatic carboxylic acids is 2. The fourth-order valence-corrected chi connectivity index (χ4v) is 4.72. The zero-order chi connectivity index (χ0) is 28.0. The summed E-state index contributed by atoms with van der Waals surface area (Å²) in [6.07, 6.45) is 2.74. The van der Waals surface area contributed by atoms with Crippen LogP contribution in [0.4, 0.5) is 0 Å². The lowest BCUT2D eigenvalue weighted by molar-refractivity contribution is -0.159. The van der Waals surface area contributed by atoms with Gasteiger partial charge in [-0.1, -0.05) is 72.8 Å². The van der Waals surface area contributed by atoms with E-state index in [-0.39, 0.29) is 11.8 Å². The zero-order valence-corrected chi connectivity index (χ0v) is 22.2. The predicted octanol–water partition coefficient (Wildman–Crippen LogP) is 4.40. The molecule has 0 radical (unpaired) electrons. The largest absolute Gasteiger partial charge is 0.497 e. The van der Waals surface area contributed by atoms with E-state index in [4.69, 9.17) is 24.5 Å². The molecule has 39 heavy (non-hydrogen) atoms. The molecule has 0 atom stereocenters. The number of benzene rings is 3. The molecule has 0 saturated carbocycles. The maximum Gasteiger partial charge on any atom is 0.414 e. The Morgan fingerprint density at radius 3 is 1.82 bits per heavy atom. The van der Waals surface area contributed by atoms with E-state index in [0.717, 1.165) is 44.6 Å². The molecule has 1 aliphatic heterocycles. The number of hydrogen-bond donors (Lipinski definition) is 3. The molecule has 8 heteroatoms. The average molecular weight is 533 g/mol. The molecule has 4 rings (SSSR count). The molecule has 3 N–H and O–H groups in total. The molecular weight excluding hydrogens is 496 g/mol. The highest BCUT2D eigenvalue weighted by atomic mass is 16.5. The topological polar surface area (TPSA) is 116 Å². The van der Waals surface area contributed by atoms with Gasteiger partial charge in [-0.15, -0.1) is 0 Å². The molecule has 0 aliphatic carbocycles. The second kappa shape index (κ2) is 15.3.